The van der Waals surface area contributed by atoms with Crippen molar-refractivity contribution >= 4 is 15.9 Å². The van der Waals surface area contributed by atoms with Gasteiger partial charge in [-0.1, -0.05) is 6.92 Å². The molecule has 0 spiro atoms. The zero-order valence-corrected chi connectivity index (χ0v) is 8.76. The van der Waals surface area contributed by atoms with Gasteiger partial charge in [-0.25, -0.2) is 4.98 Å². The van der Waals surface area contributed by atoms with E-state index in [0.717, 1.165) is 16.5 Å². The highest BCUT2D eigenvalue weighted by atomic mass is 79.9. The number of pyridine rings is 1. The van der Waals surface area contributed by atoms with Crippen molar-refractivity contribution in [2.75, 3.05) is 0 Å². The predicted molar refractivity (Wildman–Crippen MR) is 51.9 cm³/mol. The summed E-state index contributed by atoms with van der Waals surface area (Å²) in [6, 6.07) is 1.90. The maximum atomic E-state index is 5.23. The second kappa shape index (κ2) is 4.45. The number of aryl methyl sites for hydroxylation is 1. The lowest BCUT2D eigenvalue weighted by Gasteiger charge is -2.03. The van der Waals surface area contributed by atoms with Gasteiger partial charge in [0.15, 0.2) is 0 Å². The Balaban J connectivity index is 2.69. The number of rotatable bonds is 3. The van der Waals surface area contributed by atoms with Gasteiger partial charge >= 0.3 is 0 Å². The molecule has 0 aliphatic carbocycles. The van der Waals surface area contributed by atoms with E-state index in [0.29, 0.717) is 5.88 Å². The summed E-state index contributed by atoms with van der Waals surface area (Å²) in [5, 5.41) is 0. The largest absolute Gasteiger partial charge is 0.470 e. The van der Waals surface area contributed by atoms with Gasteiger partial charge in [0.2, 0.25) is 5.88 Å². The van der Waals surface area contributed by atoms with Crippen molar-refractivity contribution < 1.29 is 4.74 Å². The Morgan fingerprint density at radius 2 is 2.42 bits per heavy atom. The molecule has 0 unspecified atom stereocenters. The molecule has 1 rings (SSSR count). The van der Waals surface area contributed by atoms with Gasteiger partial charge in [0.05, 0.1) is 0 Å². The Morgan fingerprint density at radius 3 is 3.00 bits per heavy atom. The Labute approximate surface area is 81.1 Å². The molecule has 0 aliphatic heterocycles. The second-order valence-corrected chi connectivity index (χ2v) is 3.32. The molecule has 0 aliphatic rings. The highest BCUT2D eigenvalue weighted by Crippen LogP contribution is 2.18. The summed E-state index contributed by atoms with van der Waals surface area (Å²) in [5.74, 6) is 0.651. The number of aromatic nitrogens is 1. The quantitative estimate of drug-likeness (QED) is 0.794. The Bertz CT molecular complexity index is 263. The van der Waals surface area contributed by atoms with Crippen LogP contribution >= 0.6 is 15.9 Å². The average molecular weight is 229 g/mol. The lowest BCUT2D eigenvalue weighted by molar-refractivity contribution is 0.381. The van der Waals surface area contributed by atoms with Crippen LogP contribution in [0.5, 0.6) is 5.88 Å². The zero-order chi connectivity index (χ0) is 8.97. The van der Waals surface area contributed by atoms with E-state index >= 15 is 0 Å². The molecule has 0 saturated heterocycles. The van der Waals surface area contributed by atoms with Crippen LogP contribution in [0.25, 0.3) is 0 Å². The predicted octanol–water partition coefficient (Wildman–Crippen LogP) is 3.10. The van der Waals surface area contributed by atoms with Crippen LogP contribution in [-0.4, -0.2) is 4.98 Å². The van der Waals surface area contributed by atoms with Crippen molar-refractivity contribution in [3.63, 3.8) is 0 Å². The molecule has 0 atom stereocenters. The van der Waals surface area contributed by atoms with E-state index in [1.54, 1.807) is 12.8 Å². The molecule has 2 nitrogen and oxygen atoms in total. The van der Waals surface area contributed by atoms with Gasteiger partial charge in [-0.3, -0.25) is 0 Å². The number of nitrogens with zero attached hydrogens (tertiary/aromatic N) is 1. The van der Waals surface area contributed by atoms with Crippen molar-refractivity contribution in [2.24, 2.45) is 0 Å². The van der Waals surface area contributed by atoms with E-state index in [1.807, 2.05) is 19.9 Å². The highest BCUT2D eigenvalue weighted by Gasteiger charge is 1.98. The molecule has 0 saturated carbocycles. The van der Waals surface area contributed by atoms with Crippen LogP contribution in [-0.2, 0) is 0 Å². The number of hydrogen-bond acceptors (Lipinski definition) is 2. The van der Waals surface area contributed by atoms with Gasteiger partial charge in [-0.2, -0.15) is 0 Å². The fraction of sp³-hybridized carbons (Fsp3) is 0.333. The first-order valence-corrected chi connectivity index (χ1v) is 4.63. The standard InChI is InChI=1S/C9H11BrNO/c1-3-4-12-9-5-7(2)8(10)6-11-9/h4-6H,3H2,1-2H3. The third-order valence-corrected chi connectivity index (χ3v) is 2.22. The fourth-order valence-electron chi connectivity index (χ4n) is 0.747. The van der Waals surface area contributed by atoms with E-state index in [2.05, 4.69) is 20.9 Å². The summed E-state index contributed by atoms with van der Waals surface area (Å²) in [7, 11) is 0. The molecular formula is C9H11BrNO. The topological polar surface area (TPSA) is 22.1 Å². The number of ether oxygens (including phenoxy) is 1. The zero-order valence-electron chi connectivity index (χ0n) is 7.17. The Morgan fingerprint density at radius 1 is 1.67 bits per heavy atom. The Hall–Kier alpha value is -0.570. The molecule has 0 amide bonds. The van der Waals surface area contributed by atoms with Crippen molar-refractivity contribution in [1.82, 2.24) is 4.98 Å². The summed E-state index contributed by atoms with van der Waals surface area (Å²) < 4.78 is 6.24. The van der Waals surface area contributed by atoms with Crippen LogP contribution in [0.15, 0.2) is 16.7 Å². The smallest absolute Gasteiger partial charge is 0.213 e. The van der Waals surface area contributed by atoms with Gasteiger partial charge in [0, 0.05) is 16.7 Å². The molecule has 1 aromatic rings. The van der Waals surface area contributed by atoms with E-state index < -0.39 is 0 Å². The van der Waals surface area contributed by atoms with Gasteiger partial charge in [0.1, 0.15) is 6.61 Å². The molecule has 1 radical (unpaired) electrons. The highest BCUT2D eigenvalue weighted by molar-refractivity contribution is 9.10. The summed E-state index contributed by atoms with van der Waals surface area (Å²) in [6.07, 6.45) is 2.63. The summed E-state index contributed by atoms with van der Waals surface area (Å²) in [4.78, 5) is 4.08. The van der Waals surface area contributed by atoms with E-state index in [1.165, 1.54) is 0 Å². The fourth-order valence-corrected chi connectivity index (χ4v) is 0.964. The third kappa shape index (κ3) is 2.48. The van der Waals surface area contributed by atoms with Crippen LogP contribution < -0.4 is 4.74 Å². The Kier molecular flexibility index (Phi) is 3.53. The molecule has 3 heteroatoms. The molecule has 1 aromatic heterocycles. The molecule has 0 bridgehead atoms. The molecule has 65 valence electrons. The summed E-state index contributed by atoms with van der Waals surface area (Å²) in [5.41, 5.74) is 1.13. The maximum absolute atomic E-state index is 5.23. The lowest BCUT2D eigenvalue weighted by atomic mass is 10.3. The molecule has 0 aromatic carbocycles. The average Bonchev–Trinajstić information content (AvgIpc) is 2.07. The SMILES string of the molecule is CC[CH]Oc1cc(C)c(Br)cn1. The first-order valence-electron chi connectivity index (χ1n) is 3.84. The van der Waals surface area contributed by atoms with Crippen LogP contribution in [0.1, 0.15) is 18.9 Å². The minimum Gasteiger partial charge on any atom is -0.470 e. The van der Waals surface area contributed by atoms with Crippen molar-refractivity contribution in [3.8, 4) is 5.88 Å². The molecule has 0 fully saturated rings. The molecule has 0 N–H and O–H groups in total. The third-order valence-electron chi connectivity index (χ3n) is 1.39. The normalized spacial score (nSPS) is 9.92. The van der Waals surface area contributed by atoms with Crippen molar-refractivity contribution in [3.05, 3.63) is 28.9 Å². The summed E-state index contributed by atoms with van der Waals surface area (Å²) >= 11 is 3.37. The monoisotopic (exact) mass is 228 g/mol. The first kappa shape index (κ1) is 9.52. The van der Waals surface area contributed by atoms with Crippen LogP contribution in [0.3, 0.4) is 0 Å². The van der Waals surface area contributed by atoms with E-state index in [4.69, 9.17) is 4.74 Å². The molecule has 1 heterocycles. The molecular weight excluding hydrogens is 218 g/mol. The van der Waals surface area contributed by atoms with Crippen LogP contribution in [0, 0.1) is 13.5 Å². The van der Waals surface area contributed by atoms with Crippen LogP contribution in [0.4, 0.5) is 0 Å². The van der Waals surface area contributed by atoms with Crippen molar-refractivity contribution in [1.29, 1.82) is 0 Å². The van der Waals surface area contributed by atoms with Gasteiger partial charge in [0.25, 0.3) is 0 Å². The van der Waals surface area contributed by atoms with E-state index in [9.17, 15) is 0 Å². The van der Waals surface area contributed by atoms with E-state index in [-0.39, 0.29) is 0 Å². The summed E-state index contributed by atoms with van der Waals surface area (Å²) in [6.45, 7) is 5.76. The lowest BCUT2D eigenvalue weighted by Crippen LogP contribution is -1.91. The number of hydrogen-bond donors (Lipinski definition) is 0. The van der Waals surface area contributed by atoms with Crippen molar-refractivity contribution in [2.45, 2.75) is 20.3 Å². The minimum atomic E-state index is 0.651. The maximum Gasteiger partial charge on any atom is 0.213 e. The van der Waals surface area contributed by atoms with Gasteiger partial charge in [-0.15, -0.1) is 0 Å². The van der Waals surface area contributed by atoms with Gasteiger partial charge in [-0.05, 0) is 34.8 Å². The molecule has 12 heavy (non-hydrogen) atoms. The minimum absolute atomic E-state index is 0.651. The second-order valence-electron chi connectivity index (χ2n) is 2.46. The van der Waals surface area contributed by atoms with Crippen LogP contribution in [0.2, 0.25) is 0 Å². The van der Waals surface area contributed by atoms with Gasteiger partial charge < -0.3 is 4.74 Å². The number of halogens is 1. The first-order chi connectivity index (χ1) is 5.74.